The normalized spacial score (nSPS) is 11.6. The van der Waals surface area contributed by atoms with E-state index in [2.05, 4.69) is 12.2 Å². The Kier molecular flexibility index (Phi) is 4.93. The minimum atomic E-state index is 0.112. The molecule has 0 aliphatic heterocycles. The summed E-state index contributed by atoms with van der Waals surface area (Å²) in [5.74, 6) is 1.93. The average Bonchev–Trinajstić information content (AvgIpc) is 2.54. The van der Waals surface area contributed by atoms with E-state index in [4.69, 9.17) is 14.2 Å². The molecule has 0 radical (unpaired) electrons. The molecule has 0 spiro atoms. The number of para-hydroxylation sites is 1. The number of nitrogens with one attached hydrogen (secondary N) is 1. The minimum absolute atomic E-state index is 0.112. The first-order chi connectivity index (χ1) is 10.2. The van der Waals surface area contributed by atoms with Crippen LogP contribution in [0.5, 0.6) is 17.2 Å². The Morgan fingerprint density at radius 3 is 1.90 bits per heavy atom. The van der Waals surface area contributed by atoms with Crippen molar-refractivity contribution in [2.45, 2.75) is 13.0 Å². The summed E-state index contributed by atoms with van der Waals surface area (Å²) in [7, 11) is 4.85. The van der Waals surface area contributed by atoms with Gasteiger partial charge < -0.3 is 19.5 Å². The molecule has 0 bridgehead atoms. The first kappa shape index (κ1) is 15.0. The van der Waals surface area contributed by atoms with Crippen LogP contribution in [0.15, 0.2) is 42.5 Å². The number of ether oxygens (including phenoxy) is 3. The Labute approximate surface area is 125 Å². The minimum Gasteiger partial charge on any atom is -0.493 e. The largest absolute Gasteiger partial charge is 0.493 e. The van der Waals surface area contributed by atoms with Crippen molar-refractivity contribution < 1.29 is 14.2 Å². The topological polar surface area (TPSA) is 39.7 Å². The predicted molar refractivity (Wildman–Crippen MR) is 84.6 cm³/mol. The van der Waals surface area contributed by atoms with Crippen molar-refractivity contribution in [3.8, 4) is 17.2 Å². The van der Waals surface area contributed by atoms with Crippen molar-refractivity contribution in [2.24, 2.45) is 0 Å². The van der Waals surface area contributed by atoms with Crippen LogP contribution in [0.1, 0.15) is 18.5 Å². The number of rotatable bonds is 6. The van der Waals surface area contributed by atoms with E-state index in [9.17, 15) is 0 Å². The van der Waals surface area contributed by atoms with E-state index in [-0.39, 0.29) is 6.04 Å². The van der Waals surface area contributed by atoms with Crippen LogP contribution in [-0.4, -0.2) is 21.3 Å². The average molecular weight is 287 g/mol. The quantitative estimate of drug-likeness (QED) is 0.875. The van der Waals surface area contributed by atoms with E-state index in [1.165, 1.54) is 0 Å². The molecule has 0 saturated heterocycles. The highest BCUT2D eigenvalue weighted by molar-refractivity contribution is 5.55. The van der Waals surface area contributed by atoms with Crippen LogP contribution >= 0.6 is 0 Å². The molecule has 0 aliphatic carbocycles. The molecule has 0 aliphatic rings. The summed E-state index contributed by atoms with van der Waals surface area (Å²) in [6.07, 6.45) is 0. The summed E-state index contributed by atoms with van der Waals surface area (Å²) in [5.41, 5.74) is 2.13. The summed E-state index contributed by atoms with van der Waals surface area (Å²) >= 11 is 0. The molecule has 1 atom stereocenters. The van der Waals surface area contributed by atoms with Gasteiger partial charge in [-0.05, 0) is 36.8 Å². The predicted octanol–water partition coefficient (Wildman–Crippen LogP) is 3.89. The lowest BCUT2D eigenvalue weighted by molar-refractivity contribution is 0.323. The third kappa shape index (κ3) is 3.40. The van der Waals surface area contributed by atoms with Gasteiger partial charge in [0.2, 0.25) is 5.75 Å². The SMILES string of the molecule is COc1cc(C(C)Nc2ccccc2)cc(OC)c1OC. The molecule has 21 heavy (non-hydrogen) atoms. The fraction of sp³-hybridized carbons (Fsp3) is 0.294. The fourth-order valence-corrected chi connectivity index (χ4v) is 2.22. The van der Waals surface area contributed by atoms with Crippen molar-refractivity contribution in [1.82, 2.24) is 0 Å². The summed E-state index contributed by atoms with van der Waals surface area (Å²) in [6, 6.07) is 14.1. The van der Waals surface area contributed by atoms with Crippen molar-refractivity contribution >= 4 is 5.69 Å². The number of benzene rings is 2. The molecule has 2 aromatic carbocycles. The van der Waals surface area contributed by atoms with Gasteiger partial charge in [0, 0.05) is 11.7 Å². The fourth-order valence-electron chi connectivity index (χ4n) is 2.22. The lowest BCUT2D eigenvalue weighted by atomic mass is 10.1. The molecule has 4 nitrogen and oxygen atoms in total. The van der Waals surface area contributed by atoms with Gasteiger partial charge >= 0.3 is 0 Å². The summed E-state index contributed by atoms with van der Waals surface area (Å²) in [5, 5.41) is 3.45. The molecule has 112 valence electrons. The molecule has 0 amide bonds. The number of methoxy groups -OCH3 is 3. The third-order valence-corrected chi connectivity index (χ3v) is 3.34. The van der Waals surface area contributed by atoms with Gasteiger partial charge in [0.25, 0.3) is 0 Å². The highest BCUT2D eigenvalue weighted by Crippen LogP contribution is 2.40. The van der Waals surface area contributed by atoms with Gasteiger partial charge in [0.1, 0.15) is 0 Å². The summed E-state index contributed by atoms with van der Waals surface area (Å²) < 4.78 is 16.1. The van der Waals surface area contributed by atoms with Crippen LogP contribution in [0.2, 0.25) is 0 Å². The smallest absolute Gasteiger partial charge is 0.203 e. The van der Waals surface area contributed by atoms with Crippen molar-refractivity contribution in [2.75, 3.05) is 26.6 Å². The van der Waals surface area contributed by atoms with E-state index in [0.717, 1.165) is 11.3 Å². The molecular formula is C17H21NO3. The van der Waals surface area contributed by atoms with Crippen LogP contribution in [0.3, 0.4) is 0 Å². The maximum Gasteiger partial charge on any atom is 0.203 e. The molecule has 1 N–H and O–H groups in total. The number of anilines is 1. The van der Waals surface area contributed by atoms with Crippen LogP contribution in [0.25, 0.3) is 0 Å². The molecule has 1 unspecified atom stereocenters. The van der Waals surface area contributed by atoms with Gasteiger partial charge in [-0.1, -0.05) is 18.2 Å². The first-order valence-electron chi connectivity index (χ1n) is 6.81. The van der Waals surface area contributed by atoms with Crippen molar-refractivity contribution in [3.63, 3.8) is 0 Å². The number of hydrogen-bond acceptors (Lipinski definition) is 4. The monoisotopic (exact) mass is 287 g/mol. The molecule has 4 heteroatoms. The van der Waals surface area contributed by atoms with Gasteiger partial charge in [-0.2, -0.15) is 0 Å². The highest BCUT2D eigenvalue weighted by Gasteiger charge is 2.16. The zero-order chi connectivity index (χ0) is 15.2. The van der Waals surface area contributed by atoms with Gasteiger partial charge in [-0.25, -0.2) is 0 Å². The second kappa shape index (κ2) is 6.88. The summed E-state index contributed by atoms with van der Waals surface area (Å²) in [4.78, 5) is 0. The molecule has 2 rings (SSSR count). The van der Waals surface area contributed by atoms with E-state index in [0.29, 0.717) is 17.2 Å². The lowest BCUT2D eigenvalue weighted by Crippen LogP contribution is -2.07. The Morgan fingerprint density at radius 1 is 0.857 bits per heavy atom. The Hall–Kier alpha value is -2.36. The van der Waals surface area contributed by atoms with Crippen molar-refractivity contribution in [1.29, 1.82) is 0 Å². The van der Waals surface area contributed by atoms with Crippen molar-refractivity contribution in [3.05, 3.63) is 48.0 Å². The Balaban J connectivity index is 2.30. The van der Waals surface area contributed by atoms with Crippen LogP contribution in [0, 0.1) is 0 Å². The van der Waals surface area contributed by atoms with Gasteiger partial charge in [-0.3, -0.25) is 0 Å². The van der Waals surface area contributed by atoms with E-state index < -0.39 is 0 Å². The third-order valence-electron chi connectivity index (χ3n) is 3.34. The molecule has 0 saturated carbocycles. The van der Waals surface area contributed by atoms with Crippen LogP contribution in [0.4, 0.5) is 5.69 Å². The molecular weight excluding hydrogens is 266 g/mol. The van der Waals surface area contributed by atoms with Gasteiger partial charge in [0.15, 0.2) is 11.5 Å². The maximum absolute atomic E-state index is 5.39. The molecule has 0 heterocycles. The van der Waals surface area contributed by atoms with E-state index >= 15 is 0 Å². The van der Waals surface area contributed by atoms with E-state index in [1.807, 2.05) is 42.5 Å². The van der Waals surface area contributed by atoms with E-state index in [1.54, 1.807) is 21.3 Å². The van der Waals surface area contributed by atoms with Crippen LogP contribution in [-0.2, 0) is 0 Å². The second-order valence-corrected chi connectivity index (χ2v) is 4.69. The zero-order valence-electron chi connectivity index (χ0n) is 12.8. The molecule has 2 aromatic rings. The molecule has 0 aromatic heterocycles. The Bertz CT molecular complexity index is 559. The van der Waals surface area contributed by atoms with Crippen LogP contribution < -0.4 is 19.5 Å². The number of hydrogen-bond donors (Lipinski definition) is 1. The second-order valence-electron chi connectivity index (χ2n) is 4.69. The van der Waals surface area contributed by atoms with Gasteiger partial charge in [-0.15, -0.1) is 0 Å². The maximum atomic E-state index is 5.39. The summed E-state index contributed by atoms with van der Waals surface area (Å²) in [6.45, 7) is 2.09. The zero-order valence-corrected chi connectivity index (χ0v) is 12.8. The standard InChI is InChI=1S/C17H21NO3/c1-12(18-14-8-6-5-7-9-14)13-10-15(19-2)17(21-4)16(11-13)20-3/h5-12,18H,1-4H3. The molecule has 0 fully saturated rings. The first-order valence-corrected chi connectivity index (χ1v) is 6.81. The van der Waals surface area contributed by atoms with Gasteiger partial charge in [0.05, 0.1) is 21.3 Å². The highest BCUT2D eigenvalue weighted by atomic mass is 16.5. The lowest BCUT2D eigenvalue weighted by Gasteiger charge is -2.19. The Morgan fingerprint density at radius 2 is 1.43 bits per heavy atom.